The van der Waals surface area contributed by atoms with Gasteiger partial charge in [0.2, 0.25) is 0 Å². The Balaban J connectivity index is 3.24. The third-order valence-electron chi connectivity index (χ3n) is 0.556. The summed E-state index contributed by atoms with van der Waals surface area (Å²) in [6.07, 6.45) is 0. The standard InChI is InChI=1S/C3H7O6P2/c1-2-7-11(6)9-3-8-10(4)5/h2-3H2,1H3/q+1/p+1. The van der Waals surface area contributed by atoms with Crippen molar-refractivity contribution < 1.29 is 27.6 Å². The van der Waals surface area contributed by atoms with Crippen LogP contribution in [0, 0.1) is 0 Å². The molecule has 2 unspecified atom stereocenters. The molecule has 0 aliphatic rings. The molecule has 6 nitrogen and oxygen atoms in total. The first kappa shape index (κ1) is 11.0. The van der Waals surface area contributed by atoms with Crippen molar-refractivity contribution in [1.29, 1.82) is 0 Å². The smallest absolute Gasteiger partial charge is 0.133 e. The fourth-order valence-corrected chi connectivity index (χ4v) is 0.905. The van der Waals surface area contributed by atoms with E-state index in [-0.39, 0.29) is 6.61 Å². The molecule has 0 rings (SSSR count). The highest BCUT2D eigenvalue weighted by Gasteiger charge is 2.23. The summed E-state index contributed by atoms with van der Waals surface area (Å²) < 4.78 is 33.1. The molecule has 0 aromatic rings. The number of hydrogen-bond acceptors (Lipinski definition) is 5. The van der Waals surface area contributed by atoms with Crippen LogP contribution >= 0.6 is 16.5 Å². The van der Waals surface area contributed by atoms with E-state index in [1.165, 1.54) is 0 Å². The summed E-state index contributed by atoms with van der Waals surface area (Å²) in [6.45, 7) is 1.38. The normalized spacial score (nSPS) is 12.9. The molecule has 1 N–H and O–H groups in total. The lowest BCUT2D eigenvalue weighted by Crippen LogP contribution is -1.88. The molecule has 11 heavy (non-hydrogen) atoms. The van der Waals surface area contributed by atoms with Gasteiger partial charge in [0.1, 0.15) is 6.61 Å². The summed E-state index contributed by atoms with van der Waals surface area (Å²) in [6, 6.07) is 0. The van der Waals surface area contributed by atoms with Crippen LogP contribution in [-0.4, -0.2) is 18.3 Å². The lowest BCUT2D eigenvalue weighted by molar-refractivity contribution is 0.102. The van der Waals surface area contributed by atoms with Gasteiger partial charge < -0.3 is 0 Å². The molecule has 0 aliphatic carbocycles. The molecule has 0 saturated heterocycles. The average molecular weight is 202 g/mol. The van der Waals surface area contributed by atoms with E-state index in [1.807, 2.05) is 0 Å². The molecule has 0 aromatic heterocycles. The molecule has 8 heteroatoms. The first-order chi connectivity index (χ1) is 5.16. The third kappa shape index (κ3) is 7.94. The van der Waals surface area contributed by atoms with Crippen LogP contribution < -0.4 is 0 Å². The summed E-state index contributed by atoms with van der Waals surface area (Å²) >= 11 is 0. The maximum Gasteiger partial charge on any atom is 0.699 e. The van der Waals surface area contributed by atoms with Gasteiger partial charge in [-0.05, 0) is 6.92 Å². The van der Waals surface area contributed by atoms with Crippen LogP contribution in [0.3, 0.4) is 0 Å². The zero-order valence-corrected chi connectivity index (χ0v) is 7.59. The maximum atomic E-state index is 10.5. The van der Waals surface area contributed by atoms with Crippen LogP contribution in [0.25, 0.3) is 0 Å². The second-order valence-corrected chi connectivity index (χ2v) is 2.95. The van der Waals surface area contributed by atoms with Gasteiger partial charge >= 0.3 is 16.5 Å². The zero-order valence-electron chi connectivity index (χ0n) is 5.80. The van der Waals surface area contributed by atoms with Crippen LogP contribution in [0.1, 0.15) is 6.92 Å². The fraction of sp³-hybridized carbons (Fsp3) is 1.00. The Morgan fingerprint density at radius 2 is 1.91 bits per heavy atom. The molecule has 0 bridgehead atoms. The van der Waals surface area contributed by atoms with Crippen molar-refractivity contribution in [3.63, 3.8) is 0 Å². The van der Waals surface area contributed by atoms with Gasteiger partial charge in [0.25, 0.3) is 6.79 Å². The van der Waals surface area contributed by atoms with Crippen molar-refractivity contribution in [1.82, 2.24) is 0 Å². The Bertz CT molecular complexity index is 147. The predicted molar refractivity (Wildman–Crippen MR) is 36.1 cm³/mol. The Hall–Kier alpha value is 0.0400. The molecule has 0 spiro atoms. The predicted octanol–water partition coefficient (Wildman–Crippen LogP) is 1.32. The summed E-state index contributed by atoms with van der Waals surface area (Å²) in [5.74, 6) is 0. The van der Waals surface area contributed by atoms with Crippen LogP contribution in [0.2, 0.25) is 0 Å². The van der Waals surface area contributed by atoms with Gasteiger partial charge in [0, 0.05) is 9.13 Å². The number of hydrogen-bond donors (Lipinski definition) is 1. The molecule has 0 aliphatic heterocycles. The van der Waals surface area contributed by atoms with Crippen LogP contribution in [0.15, 0.2) is 0 Å². The highest BCUT2D eigenvalue weighted by atomic mass is 31.1. The van der Waals surface area contributed by atoms with Gasteiger partial charge in [-0.2, -0.15) is 0 Å². The fourth-order valence-electron chi connectivity index (χ4n) is 0.254. The Morgan fingerprint density at radius 1 is 1.27 bits per heavy atom. The lowest BCUT2D eigenvalue weighted by atomic mass is 10.9. The molecule has 64 valence electrons. The quantitative estimate of drug-likeness (QED) is 0.516. The maximum absolute atomic E-state index is 10.5. The van der Waals surface area contributed by atoms with Crippen molar-refractivity contribution in [2.45, 2.75) is 6.92 Å². The van der Waals surface area contributed by atoms with Gasteiger partial charge in [0.05, 0.1) is 0 Å². The lowest BCUT2D eigenvalue weighted by Gasteiger charge is -1.80. The second-order valence-electron chi connectivity index (χ2n) is 1.26. The van der Waals surface area contributed by atoms with E-state index in [0.717, 1.165) is 0 Å². The first-order valence-electron chi connectivity index (χ1n) is 2.69. The van der Waals surface area contributed by atoms with E-state index in [9.17, 15) is 9.13 Å². The monoisotopic (exact) mass is 202 g/mol. The van der Waals surface area contributed by atoms with Crippen LogP contribution in [-0.2, 0) is 22.7 Å². The molecule has 0 aromatic carbocycles. The molecule has 0 saturated carbocycles. The van der Waals surface area contributed by atoms with Crippen molar-refractivity contribution in [2.24, 2.45) is 0 Å². The Kier molecular flexibility index (Phi) is 6.76. The minimum absolute atomic E-state index is 0.250. The van der Waals surface area contributed by atoms with Crippen LogP contribution in [0.4, 0.5) is 0 Å². The summed E-state index contributed by atoms with van der Waals surface area (Å²) in [5.41, 5.74) is 0. The van der Waals surface area contributed by atoms with Crippen molar-refractivity contribution in [2.75, 3.05) is 13.4 Å². The minimum atomic E-state index is -2.70. The van der Waals surface area contributed by atoms with Gasteiger partial charge in [-0.1, -0.05) is 9.05 Å². The Labute approximate surface area is 65.4 Å². The molecule has 0 amide bonds. The van der Waals surface area contributed by atoms with Gasteiger partial charge in [-0.25, -0.2) is 0 Å². The van der Waals surface area contributed by atoms with E-state index in [4.69, 9.17) is 4.89 Å². The molecule has 2 atom stereocenters. The van der Waals surface area contributed by atoms with Crippen LogP contribution in [0.5, 0.6) is 0 Å². The highest BCUT2D eigenvalue weighted by Crippen LogP contribution is 2.25. The topological polar surface area (TPSA) is 82.1 Å². The van der Waals surface area contributed by atoms with E-state index in [1.54, 1.807) is 6.92 Å². The van der Waals surface area contributed by atoms with Gasteiger partial charge in [-0.15, -0.1) is 9.42 Å². The summed E-state index contributed by atoms with van der Waals surface area (Å²) in [7, 11) is -4.93. The van der Waals surface area contributed by atoms with Gasteiger partial charge in [-0.3, -0.25) is 0 Å². The van der Waals surface area contributed by atoms with E-state index in [0.29, 0.717) is 0 Å². The zero-order chi connectivity index (χ0) is 8.69. The Morgan fingerprint density at radius 3 is 2.36 bits per heavy atom. The van der Waals surface area contributed by atoms with Crippen molar-refractivity contribution >= 4 is 16.5 Å². The largest absolute Gasteiger partial charge is 0.699 e. The van der Waals surface area contributed by atoms with E-state index in [2.05, 4.69) is 13.6 Å². The number of rotatable bonds is 6. The average Bonchev–Trinajstić information content (AvgIpc) is 1.87. The molecular weight excluding hydrogens is 194 g/mol. The summed E-state index contributed by atoms with van der Waals surface area (Å²) in [4.78, 5) is 8.07. The van der Waals surface area contributed by atoms with E-state index >= 15 is 0 Å². The minimum Gasteiger partial charge on any atom is -0.133 e. The second kappa shape index (κ2) is 6.73. The molecular formula is C3H8O6P2+2. The first-order valence-corrected chi connectivity index (χ1v) is 4.91. The summed E-state index contributed by atoms with van der Waals surface area (Å²) in [5, 5.41) is 0. The van der Waals surface area contributed by atoms with E-state index < -0.39 is 23.3 Å². The van der Waals surface area contributed by atoms with Crippen molar-refractivity contribution in [3.8, 4) is 0 Å². The highest BCUT2D eigenvalue weighted by molar-refractivity contribution is 7.33. The SMILES string of the molecule is CCO[P+](=O)OCO[P+](=O)O. The molecule has 0 heterocycles. The molecule has 0 fully saturated rings. The third-order valence-corrected chi connectivity index (χ3v) is 1.67. The van der Waals surface area contributed by atoms with Crippen molar-refractivity contribution in [3.05, 3.63) is 0 Å². The molecule has 0 radical (unpaired) electrons. The van der Waals surface area contributed by atoms with Gasteiger partial charge in [0.15, 0.2) is 0 Å².